The van der Waals surface area contributed by atoms with Crippen LogP contribution in [-0.2, 0) is 4.79 Å². The third kappa shape index (κ3) is 2.77. The number of nitrogens with zero attached hydrogens (tertiary/aromatic N) is 2. The number of pyridine rings is 1. The van der Waals surface area contributed by atoms with Crippen LogP contribution in [0.3, 0.4) is 0 Å². The maximum atomic E-state index is 12.8. The van der Waals surface area contributed by atoms with E-state index in [9.17, 15) is 9.59 Å². The van der Waals surface area contributed by atoms with Gasteiger partial charge in [0.1, 0.15) is 5.69 Å². The molecule has 0 bridgehead atoms. The predicted molar refractivity (Wildman–Crippen MR) is 100 cm³/mol. The molecule has 1 aliphatic heterocycles. The van der Waals surface area contributed by atoms with E-state index in [0.717, 1.165) is 42.2 Å². The van der Waals surface area contributed by atoms with E-state index in [4.69, 9.17) is 0 Å². The molecule has 2 aromatic rings. The number of nitrogens with one attached hydrogen (secondary N) is 1. The Kier molecular flexibility index (Phi) is 4.23. The minimum absolute atomic E-state index is 0.138. The Hall–Kier alpha value is -2.69. The van der Waals surface area contributed by atoms with Gasteiger partial charge in [0.15, 0.2) is 0 Å². The van der Waals surface area contributed by atoms with Gasteiger partial charge in [0.05, 0.1) is 0 Å². The zero-order chi connectivity index (χ0) is 18.1. The molecule has 0 radical (unpaired) electrons. The first-order chi connectivity index (χ1) is 12.6. The fourth-order valence-corrected chi connectivity index (χ4v) is 4.32. The molecule has 5 heteroatoms. The van der Waals surface area contributed by atoms with E-state index in [-0.39, 0.29) is 17.2 Å². The second-order valence-electron chi connectivity index (χ2n) is 7.28. The third-order valence-corrected chi connectivity index (χ3v) is 5.77. The quantitative estimate of drug-likeness (QED) is 0.925. The second-order valence-corrected chi connectivity index (χ2v) is 7.28. The molecule has 2 amide bonds. The van der Waals surface area contributed by atoms with Crippen molar-refractivity contribution in [3.8, 4) is 0 Å². The van der Waals surface area contributed by atoms with Crippen molar-refractivity contribution in [3.05, 3.63) is 54.0 Å². The fraction of sp³-hybridized carbons (Fsp3) is 0.381. The van der Waals surface area contributed by atoms with E-state index in [0.29, 0.717) is 18.7 Å². The number of amides is 2. The number of hydrogen-bond acceptors (Lipinski definition) is 3. The molecule has 1 atom stereocenters. The number of fused-ring (bicyclic) bond motifs is 2. The summed E-state index contributed by atoms with van der Waals surface area (Å²) in [6.45, 7) is 0.542. The number of allylic oxidation sites excluding steroid dienone is 1. The van der Waals surface area contributed by atoms with Crippen molar-refractivity contribution in [2.24, 2.45) is 5.41 Å². The molecule has 1 unspecified atom stereocenters. The molecule has 26 heavy (non-hydrogen) atoms. The largest absolute Gasteiger partial charge is 0.350 e. The third-order valence-electron chi connectivity index (χ3n) is 5.77. The lowest BCUT2D eigenvalue weighted by Gasteiger charge is -2.46. The summed E-state index contributed by atoms with van der Waals surface area (Å²) in [6, 6.07) is 9.69. The van der Waals surface area contributed by atoms with Crippen molar-refractivity contribution in [3.63, 3.8) is 0 Å². The Bertz CT molecular complexity index is 900. The molecule has 0 saturated carbocycles. The topological polar surface area (TPSA) is 62.3 Å². The number of likely N-dealkylation sites (tertiary alicyclic amines) is 1. The highest BCUT2D eigenvalue weighted by molar-refractivity contribution is 6.05. The molecule has 1 aromatic carbocycles. The van der Waals surface area contributed by atoms with Gasteiger partial charge in [-0.2, -0.15) is 0 Å². The number of aromatic nitrogens is 1. The smallest absolute Gasteiger partial charge is 0.270 e. The number of piperidine rings is 1. The van der Waals surface area contributed by atoms with Crippen molar-refractivity contribution in [2.75, 3.05) is 13.6 Å². The van der Waals surface area contributed by atoms with Crippen LogP contribution in [0.1, 0.15) is 42.6 Å². The molecule has 2 heterocycles. The number of hydrogen-bond donors (Lipinski definition) is 1. The van der Waals surface area contributed by atoms with E-state index in [1.807, 2.05) is 37.4 Å². The maximum absolute atomic E-state index is 12.8. The van der Waals surface area contributed by atoms with Crippen molar-refractivity contribution in [1.82, 2.24) is 15.2 Å². The molecule has 1 aromatic heterocycles. The van der Waals surface area contributed by atoms with Crippen LogP contribution < -0.4 is 5.32 Å². The highest BCUT2D eigenvalue weighted by Crippen LogP contribution is 2.45. The molecule has 1 saturated heterocycles. The predicted octanol–water partition coefficient (Wildman–Crippen LogP) is 3.27. The first kappa shape index (κ1) is 16.8. The Morgan fingerprint density at radius 1 is 1.27 bits per heavy atom. The van der Waals surface area contributed by atoms with E-state index in [2.05, 4.69) is 16.4 Å². The Morgan fingerprint density at radius 2 is 2.12 bits per heavy atom. The van der Waals surface area contributed by atoms with Crippen LogP contribution in [0.15, 0.2) is 48.3 Å². The van der Waals surface area contributed by atoms with Gasteiger partial charge >= 0.3 is 0 Å². The van der Waals surface area contributed by atoms with E-state index < -0.39 is 0 Å². The number of carbonyl (C=O) groups excluding carboxylic acids is 2. The first-order valence-corrected chi connectivity index (χ1v) is 9.20. The molecule has 2 aliphatic rings. The summed E-state index contributed by atoms with van der Waals surface area (Å²) < 4.78 is 0. The molecule has 1 fully saturated rings. The van der Waals surface area contributed by atoms with Gasteiger partial charge in [-0.25, -0.2) is 0 Å². The van der Waals surface area contributed by atoms with Gasteiger partial charge in [-0.15, -0.1) is 0 Å². The van der Waals surface area contributed by atoms with Crippen LogP contribution in [-0.4, -0.2) is 35.3 Å². The summed E-state index contributed by atoms with van der Waals surface area (Å²) in [6.07, 6.45) is 8.26. The first-order valence-electron chi connectivity index (χ1n) is 9.20. The average molecular weight is 349 g/mol. The van der Waals surface area contributed by atoms with Gasteiger partial charge < -0.3 is 10.2 Å². The molecular weight excluding hydrogens is 326 g/mol. The number of benzene rings is 1. The van der Waals surface area contributed by atoms with Crippen LogP contribution >= 0.6 is 0 Å². The zero-order valence-electron chi connectivity index (χ0n) is 15.0. The van der Waals surface area contributed by atoms with Gasteiger partial charge in [-0.3, -0.25) is 14.6 Å². The molecule has 0 spiro atoms. The van der Waals surface area contributed by atoms with Gasteiger partial charge in [0, 0.05) is 42.7 Å². The van der Waals surface area contributed by atoms with Gasteiger partial charge in [-0.1, -0.05) is 30.3 Å². The molecule has 4 rings (SSSR count). The Labute approximate surface area is 153 Å². The standard InChI is InChI=1S/C21H23N3O2/c1-24-17-8-4-5-11-21(17,12-9-18(24)25)14-23-20(26)19-16-7-3-2-6-15(16)10-13-22-19/h2-3,6-8,10,13H,4-5,9,11-12,14H2,1H3,(H,23,26). The lowest BCUT2D eigenvalue weighted by atomic mass is 9.70. The van der Waals surface area contributed by atoms with Crippen LogP contribution in [0.25, 0.3) is 10.8 Å². The van der Waals surface area contributed by atoms with Crippen molar-refractivity contribution < 1.29 is 9.59 Å². The summed E-state index contributed by atoms with van der Waals surface area (Å²) in [5, 5.41) is 4.97. The molecule has 5 nitrogen and oxygen atoms in total. The fourth-order valence-electron chi connectivity index (χ4n) is 4.32. The van der Waals surface area contributed by atoms with Crippen LogP contribution in [0, 0.1) is 5.41 Å². The molecule has 134 valence electrons. The maximum Gasteiger partial charge on any atom is 0.270 e. The van der Waals surface area contributed by atoms with Crippen LogP contribution in [0.4, 0.5) is 0 Å². The van der Waals surface area contributed by atoms with Crippen LogP contribution in [0.5, 0.6) is 0 Å². The van der Waals surface area contributed by atoms with Crippen molar-refractivity contribution in [2.45, 2.75) is 32.1 Å². The highest BCUT2D eigenvalue weighted by atomic mass is 16.2. The number of rotatable bonds is 3. The lowest BCUT2D eigenvalue weighted by molar-refractivity contribution is -0.132. The van der Waals surface area contributed by atoms with E-state index >= 15 is 0 Å². The Balaban J connectivity index is 1.58. The van der Waals surface area contributed by atoms with Gasteiger partial charge in [0.2, 0.25) is 5.91 Å². The lowest BCUT2D eigenvalue weighted by Crippen LogP contribution is -2.49. The van der Waals surface area contributed by atoms with E-state index in [1.165, 1.54) is 0 Å². The normalized spacial score (nSPS) is 22.7. The summed E-state index contributed by atoms with van der Waals surface area (Å²) in [5.41, 5.74) is 1.40. The molecule has 1 N–H and O–H groups in total. The molecular formula is C21H23N3O2. The van der Waals surface area contributed by atoms with Gasteiger partial charge in [0.25, 0.3) is 5.91 Å². The minimum Gasteiger partial charge on any atom is -0.350 e. The summed E-state index contributed by atoms with van der Waals surface area (Å²) in [7, 11) is 1.85. The van der Waals surface area contributed by atoms with E-state index in [1.54, 1.807) is 11.1 Å². The average Bonchev–Trinajstić information content (AvgIpc) is 2.69. The second kappa shape index (κ2) is 6.56. The highest BCUT2D eigenvalue weighted by Gasteiger charge is 2.43. The van der Waals surface area contributed by atoms with Crippen molar-refractivity contribution >= 4 is 22.6 Å². The Morgan fingerprint density at radius 3 is 3.00 bits per heavy atom. The number of carbonyl (C=O) groups is 2. The van der Waals surface area contributed by atoms with Crippen molar-refractivity contribution in [1.29, 1.82) is 0 Å². The summed E-state index contributed by atoms with van der Waals surface area (Å²) >= 11 is 0. The minimum atomic E-state index is -0.152. The zero-order valence-corrected chi connectivity index (χ0v) is 15.0. The van der Waals surface area contributed by atoms with Gasteiger partial charge in [-0.05, 0) is 37.1 Å². The summed E-state index contributed by atoms with van der Waals surface area (Å²) in [5.74, 6) is 0.0106. The monoisotopic (exact) mass is 349 g/mol. The molecule has 1 aliphatic carbocycles. The SMILES string of the molecule is CN1C(=O)CCC2(CNC(=O)c3nccc4ccccc34)CCCC=C12. The van der Waals surface area contributed by atoms with Crippen LogP contribution in [0.2, 0.25) is 0 Å². The summed E-state index contributed by atoms with van der Waals surface area (Å²) in [4.78, 5) is 31.0.